The first kappa shape index (κ1) is 107. The number of aryl methyl sites for hydroxylation is 2. The van der Waals surface area contributed by atoms with E-state index in [2.05, 4.69) is 89.9 Å². The van der Waals surface area contributed by atoms with Crippen molar-refractivity contribution < 1.29 is 107 Å². The van der Waals surface area contributed by atoms with Gasteiger partial charge in [0.1, 0.15) is 77.2 Å². The Labute approximate surface area is 770 Å². The van der Waals surface area contributed by atoms with Gasteiger partial charge in [-0.1, -0.05) is 124 Å². The normalized spacial score (nSPS) is 22.2. The van der Waals surface area contributed by atoms with E-state index in [1.807, 2.05) is 0 Å². The zero-order chi connectivity index (χ0) is 98.0. The van der Waals surface area contributed by atoms with Gasteiger partial charge in [-0.2, -0.15) is 0 Å². The number of fused-ring (bicyclic) bond motifs is 3. The number of aliphatic hydroxyl groups excluding tert-OH is 2. The third kappa shape index (κ3) is 33.4. The molecule has 3 aromatic carbocycles. The van der Waals surface area contributed by atoms with Crippen LogP contribution in [0, 0.1) is 11.8 Å². The van der Waals surface area contributed by atoms with Crippen molar-refractivity contribution in [3.8, 4) is 5.75 Å². The highest BCUT2D eigenvalue weighted by molar-refractivity contribution is 6.41. The molecule has 14 amide bonds. The number of ketones is 2. The number of aromatic hydroxyl groups is 1. The number of amides is 14. The molecule has 1 aliphatic heterocycles. The van der Waals surface area contributed by atoms with Crippen LogP contribution >= 0.6 is 0 Å². The second-order valence-corrected chi connectivity index (χ2v) is 35.0. The van der Waals surface area contributed by atoms with E-state index in [1.165, 1.54) is 79.8 Å². The predicted octanol–water partition coefficient (Wildman–Crippen LogP) is -0.989. The maximum absolute atomic E-state index is 15.7. The summed E-state index contributed by atoms with van der Waals surface area (Å²) in [5.74, 6) is -17.8. The Morgan fingerprint density at radius 3 is 1.89 bits per heavy atom. The number of rotatable bonds is 35. The van der Waals surface area contributed by atoms with E-state index in [1.54, 1.807) is 91.5 Å². The molecule has 5 aromatic rings. The summed E-state index contributed by atoms with van der Waals surface area (Å²) in [6.45, 7) is 11.8. The van der Waals surface area contributed by atoms with Gasteiger partial charge in [0.2, 0.25) is 94.3 Å². The summed E-state index contributed by atoms with van der Waals surface area (Å²) < 4.78 is 6.97. The molecule has 42 nitrogen and oxygen atoms in total. The molecule has 0 spiro atoms. The number of H-pyrrole nitrogens is 1. The lowest BCUT2D eigenvalue weighted by molar-refractivity contribution is -0.141. The van der Waals surface area contributed by atoms with Gasteiger partial charge in [0, 0.05) is 69.8 Å². The van der Waals surface area contributed by atoms with Crippen LogP contribution in [-0.4, -0.2) is 251 Å². The van der Waals surface area contributed by atoms with Gasteiger partial charge in [0.15, 0.2) is 0 Å². The number of benzene rings is 3. The first-order valence-electron chi connectivity index (χ1n) is 44.8. The van der Waals surface area contributed by atoms with Crippen LogP contribution in [-0.2, 0) is 118 Å². The standard InChI is InChI=1S/C91H130N20O22/c1-50(2)43-66(98-55(7)114)83(126)104-75(54(6)113)87(130)101-68(44-56-23-14-13-15-24-56)85(128)105-90(8)39-18-11-12-19-41-111-72(30-22-42-133-10)63(109-110-111)29-21-40-91(9,89(132)103-71(49-112)84(127)97-53(5)79(122)96-52(4)78(93)121)106-86(129)70(46-57-25-20-26-57)108-107-64(35-37-73(92)116)77(120)76(119)51(3)95-81(124)69(47-59-48-94-62-28-17-16-27-61(59)62)100-82(125)67(45-58-31-33-60(115)34-32-58)99-80(123)65(102-88(90)131)36-38-74(117)118/h13-17,22-24,27-28,30-34,48,50-54,57,64-71,75,94,107-108,112-113,115H,11-12,18-21,25-26,29,35-47,49H2,1-10H3,(H2,92,116)(H2,93,121)(H,95,124)(H,96,122)(H,97,127)(H,98,114)(H,99,123)(H,100,125)(H,101,130)(H,102,131)(H,103,132)(H,104,126)(H,105,128)(H,106,129)(H,117,118)/b30-22+/t51?,52?,53-,54+,64-,65-,66-,67?,68-,69-,70-,71?,75-,90+,91-/m0/s1. The van der Waals surface area contributed by atoms with Crippen LogP contribution in [0.4, 0.5) is 0 Å². The maximum Gasteiger partial charge on any atom is 0.303 e. The Morgan fingerprint density at radius 2 is 1.26 bits per heavy atom. The molecule has 2 aromatic heterocycles. The third-order valence-corrected chi connectivity index (χ3v) is 23.3. The minimum Gasteiger partial charge on any atom is -0.508 e. The molecular formula is C91H130N20O22. The van der Waals surface area contributed by atoms with Crippen LogP contribution in [0.15, 0.2) is 91.1 Å². The number of aliphatic hydroxyl groups is 2. The molecule has 0 radical (unpaired) electrons. The number of Topliss-reactive ketones (excluding diaryl/α,β-unsaturated/α-hetero) is 2. The number of carbonyl (C=O) groups is 17. The number of aromatic amines is 1. The Hall–Kier alpha value is -12.9. The number of para-hydroxylation sites is 1. The van der Waals surface area contributed by atoms with Crippen LogP contribution in [0.2, 0.25) is 0 Å². The number of hydrogen-bond donors (Lipinski definition) is 21. The fourth-order valence-corrected chi connectivity index (χ4v) is 15.3. The number of carboxylic acid groups (broad SMARTS) is 1. The molecule has 42 heteroatoms. The fraction of sp³-hybridized carbons (Fsp3) is 0.549. The highest BCUT2D eigenvalue weighted by Crippen LogP contribution is 2.32. The van der Waals surface area contributed by atoms with Gasteiger partial charge in [0.05, 0.1) is 42.8 Å². The van der Waals surface area contributed by atoms with Crippen molar-refractivity contribution in [2.24, 2.45) is 23.3 Å². The Kier molecular flexibility index (Phi) is 41.7. The molecule has 0 saturated heterocycles. The van der Waals surface area contributed by atoms with Crippen molar-refractivity contribution in [3.05, 3.63) is 119 Å². The lowest BCUT2D eigenvalue weighted by Crippen LogP contribution is -2.65. The van der Waals surface area contributed by atoms with Crippen molar-refractivity contribution in [1.82, 2.24) is 94.6 Å². The summed E-state index contributed by atoms with van der Waals surface area (Å²) >= 11 is 0. The summed E-state index contributed by atoms with van der Waals surface area (Å²) in [5, 5.41) is 83.3. The number of phenolic OH excluding ortho intramolecular Hbond substituents is 1. The summed E-state index contributed by atoms with van der Waals surface area (Å²) in [6.07, 6.45) is 2.95. The summed E-state index contributed by atoms with van der Waals surface area (Å²) in [4.78, 5) is 245. The van der Waals surface area contributed by atoms with Gasteiger partial charge in [0.25, 0.3) is 0 Å². The predicted molar refractivity (Wildman–Crippen MR) is 485 cm³/mol. The van der Waals surface area contributed by atoms with Gasteiger partial charge >= 0.3 is 5.97 Å². The smallest absolute Gasteiger partial charge is 0.303 e. The number of carbonyl (C=O) groups excluding carboxylic acids is 16. The quantitative estimate of drug-likeness (QED) is 0.0217. The van der Waals surface area contributed by atoms with Crippen molar-refractivity contribution >= 4 is 117 Å². The van der Waals surface area contributed by atoms with Crippen molar-refractivity contribution in [3.63, 3.8) is 0 Å². The van der Waals surface area contributed by atoms with Crippen molar-refractivity contribution in [1.29, 1.82) is 0 Å². The average molecular weight is 1860 g/mol. The van der Waals surface area contributed by atoms with Gasteiger partial charge < -0.3 is 105 Å². The first-order valence-corrected chi connectivity index (χ1v) is 44.8. The molecule has 2 aliphatic rings. The Balaban J connectivity index is 1.34. The summed E-state index contributed by atoms with van der Waals surface area (Å²) in [7, 11) is 1.48. The van der Waals surface area contributed by atoms with E-state index in [0.29, 0.717) is 71.1 Å². The molecular weight excluding hydrogens is 1730 g/mol. The number of nitrogens with two attached hydrogens (primary N) is 2. The van der Waals surface area contributed by atoms with Gasteiger partial charge in [-0.15, -0.1) is 5.10 Å². The maximum atomic E-state index is 15.7. The van der Waals surface area contributed by atoms with Gasteiger partial charge in [-0.25, -0.2) is 15.5 Å². The van der Waals surface area contributed by atoms with Crippen LogP contribution in [0.25, 0.3) is 17.0 Å². The number of methoxy groups -OCH3 is 1. The molecule has 2 bridgehead atoms. The summed E-state index contributed by atoms with van der Waals surface area (Å²) in [5.41, 5.74) is 15.2. The number of nitrogens with zero attached hydrogens (tertiary/aromatic N) is 3. The molecule has 133 heavy (non-hydrogen) atoms. The second-order valence-electron chi connectivity index (χ2n) is 35.0. The monoisotopic (exact) mass is 1850 g/mol. The highest BCUT2D eigenvalue weighted by atomic mass is 16.5. The lowest BCUT2D eigenvalue weighted by atomic mass is 9.80. The number of ether oxygens (including phenoxy) is 1. The van der Waals surface area contributed by atoms with Crippen LogP contribution in [0.3, 0.4) is 0 Å². The number of carboxylic acids is 1. The number of hydrogen-bond acceptors (Lipinski definition) is 25. The highest BCUT2D eigenvalue weighted by Gasteiger charge is 2.44. The molecule has 4 unspecified atom stereocenters. The Morgan fingerprint density at radius 1 is 0.632 bits per heavy atom. The summed E-state index contributed by atoms with van der Waals surface area (Å²) in [6, 6.07) is 1.73. The molecule has 726 valence electrons. The SMILES string of the molecule is COC/C=C/c1c2nnn1CCCCCC[C@@](C)(NC(=O)[C@H](Cc1ccccc1)NC(=O)[C@@H](NC(=O)[C@H](CC(C)C)NC(C)=O)[C@@H](C)O)C(=O)N[C@@H](CCC(=O)O)C(=O)NC(Cc1ccc(O)cc1)C(=O)N[C@@H](Cc1c[nH]c3ccccc13)C(=O)NC(C)C(=O)C(=O)[C@H](CCC(N)=O)NN[C@@H](CC1CCC1)C(=O)N[C@](C)(C(=O)NC(CO)C(=O)N[C@@H](C)C(=O)NC(C)C(N)=O)CCC2. The molecule has 1 saturated carbocycles. The minimum atomic E-state index is -2.12. The lowest BCUT2D eigenvalue weighted by Gasteiger charge is -2.35. The number of aromatic nitrogens is 4. The molecule has 7 rings (SSSR count). The van der Waals surface area contributed by atoms with E-state index in [4.69, 9.17) is 16.2 Å². The van der Waals surface area contributed by atoms with Crippen LogP contribution in [0.5, 0.6) is 5.75 Å². The van der Waals surface area contributed by atoms with E-state index >= 15 is 33.6 Å². The minimum absolute atomic E-state index is 0.0321. The topological polar surface area (TPSA) is 647 Å². The fourth-order valence-electron chi connectivity index (χ4n) is 15.3. The largest absolute Gasteiger partial charge is 0.508 e. The molecule has 15 atom stereocenters. The van der Waals surface area contributed by atoms with E-state index in [0.717, 1.165) is 6.42 Å². The molecule has 1 aliphatic carbocycles. The number of primary amides is 2. The van der Waals surface area contributed by atoms with Crippen LogP contribution < -0.4 is 86.1 Å². The average Bonchev–Trinajstić information content (AvgIpc) is 1.80. The van der Waals surface area contributed by atoms with Crippen molar-refractivity contribution in [2.45, 2.75) is 287 Å². The number of aliphatic carboxylic acids is 1. The van der Waals surface area contributed by atoms with E-state index < -0.39 is 229 Å². The first-order chi connectivity index (χ1) is 63.0. The molecule has 3 heterocycles. The zero-order valence-corrected chi connectivity index (χ0v) is 76.8. The zero-order valence-electron chi connectivity index (χ0n) is 76.8. The molecule has 1 fully saturated rings. The van der Waals surface area contributed by atoms with E-state index in [9.17, 15) is 68.4 Å². The third-order valence-electron chi connectivity index (χ3n) is 23.3. The molecule has 23 N–H and O–H groups in total. The number of hydrazine groups is 1. The van der Waals surface area contributed by atoms with Crippen molar-refractivity contribution in [2.75, 3.05) is 20.3 Å². The Bertz CT molecular complexity index is 4920. The van der Waals surface area contributed by atoms with E-state index in [-0.39, 0.29) is 88.5 Å². The number of nitrogens with one attached hydrogen (secondary N) is 15. The van der Waals surface area contributed by atoms with Gasteiger partial charge in [-0.05, 0) is 152 Å². The number of phenols is 1. The second kappa shape index (κ2) is 51.8. The van der Waals surface area contributed by atoms with Crippen LogP contribution in [0.1, 0.15) is 193 Å². The van der Waals surface area contributed by atoms with Gasteiger partial charge in [-0.3, -0.25) is 81.5 Å².